The third-order valence-electron chi connectivity index (χ3n) is 10.1. The van der Waals surface area contributed by atoms with Crippen LogP contribution in [0.2, 0.25) is 0 Å². The molecule has 10 nitrogen and oxygen atoms in total. The molecule has 0 saturated carbocycles. The average Bonchev–Trinajstić information content (AvgIpc) is 3.11. The number of aromatic hydroxyl groups is 2. The molecular formula is C36H36F2N6O4S2. The Labute approximate surface area is 296 Å². The van der Waals surface area contributed by atoms with E-state index in [-0.39, 0.29) is 23.3 Å². The molecule has 14 heteroatoms. The first-order valence-electron chi connectivity index (χ1n) is 16.0. The maximum atomic E-state index is 14.7. The van der Waals surface area contributed by atoms with E-state index >= 15 is 0 Å². The monoisotopic (exact) mass is 718 g/mol. The number of aliphatic imine (C=N–C) groups is 2. The second kappa shape index (κ2) is 13.3. The minimum Gasteiger partial charge on any atom is -0.508 e. The number of nitrogens with zero attached hydrogens (tertiary/aromatic N) is 4. The number of methoxy groups -OCH3 is 2. The van der Waals surface area contributed by atoms with Crippen molar-refractivity contribution in [2.24, 2.45) is 33.3 Å². The molecule has 0 saturated heterocycles. The number of phenols is 2. The summed E-state index contributed by atoms with van der Waals surface area (Å²) in [6, 6.07) is 12.1. The summed E-state index contributed by atoms with van der Waals surface area (Å²) in [5, 5.41) is 20.7. The molecule has 0 fully saturated rings. The Hall–Kier alpha value is -4.56. The summed E-state index contributed by atoms with van der Waals surface area (Å²) in [6.07, 6.45) is 5.79. The van der Waals surface area contributed by atoms with E-state index in [9.17, 15) is 19.0 Å². The number of aromatic nitrogens is 2. The van der Waals surface area contributed by atoms with Crippen LogP contribution in [-0.2, 0) is 36.8 Å². The van der Waals surface area contributed by atoms with Crippen LogP contribution in [0.1, 0.15) is 33.4 Å². The molecule has 4 heterocycles. The van der Waals surface area contributed by atoms with Gasteiger partial charge >= 0.3 is 0 Å². The molecule has 0 amide bonds. The van der Waals surface area contributed by atoms with E-state index in [4.69, 9.17) is 30.9 Å². The Morgan fingerprint density at radius 3 is 1.52 bits per heavy atom. The van der Waals surface area contributed by atoms with E-state index in [1.807, 2.05) is 12.1 Å². The molecule has 0 unspecified atom stereocenters. The van der Waals surface area contributed by atoms with Gasteiger partial charge in [-0.3, -0.25) is 9.98 Å². The Morgan fingerprint density at radius 1 is 0.700 bits per heavy atom. The molecule has 0 radical (unpaired) electrons. The molecule has 0 bridgehead atoms. The van der Waals surface area contributed by atoms with E-state index in [1.165, 1.54) is 59.9 Å². The molecule has 2 aliphatic heterocycles. The second-order valence-corrected chi connectivity index (χ2v) is 14.9. The highest BCUT2D eigenvalue weighted by molar-refractivity contribution is 8.14. The van der Waals surface area contributed by atoms with Crippen LogP contribution in [0.3, 0.4) is 0 Å². The van der Waals surface area contributed by atoms with E-state index in [0.717, 1.165) is 46.6 Å². The third-order valence-corrected chi connectivity index (χ3v) is 12.0. The highest BCUT2D eigenvalue weighted by Crippen LogP contribution is 2.52. The predicted octanol–water partition coefficient (Wildman–Crippen LogP) is 5.21. The van der Waals surface area contributed by atoms with E-state index < -0.39 is 22.7 Å². The SMILES string of the molecule is COc1nccc2c1C[C@@]1(c3cc(O)ccc3F)N=C(N)SC[C@H]1C2.COc1nccc2c1C[C@]1(c3cc(O)ccc3F)N=C(N)SC[C@@H]1C2. The van der Waals surface area contributed by atoms with Crippen LogP contribution in [0.4, 0.5) is 8.78 Å². The minimum absolute atomic E-state index is 0.0143. The zero-order valence-corrected chi connectivity index (χ0v) is 29.0. The Morgan fingerprint density at radius 2 is 1.12 bits per heavy atom. The summed E-state index contributed by atoms with van der Waals surface area (Å²) in [5.41, 5.74) is 15.2. The lowest BCUT2D eigenvalue weighted by molar-refractivity contribution is 0.261. The molecule has 4 aliphatic rings. The fourth-order valence-corrected chi connectivity index (χ4v) is 9.74. The minimum atomic E-state index is -0.860. The second-order valence-electron chi connectivity index (χ2n) is 12.8. The van der Waals surface area contributed by atoms with Crippen LogP contribution in [0.5, 0.6) is 23.3 Å². The zero-order valence-electron chi connectivity index (χ0n) is 27.4. The number of benzene rings is 2. The van der Waals surface area contributed by atoms with Crippen LogP contribution in [0.25, 0.3) is 0 Å². The number of thioether (sulfide) groups is 2. The van der Waals surface area contributed by atoms with Gasteiger partial charge in [-0.25, -0.2) is 18.7 Å². The Bertz CT molecular complexity index is 1890. The van der Waals surface area contributed by atoms with Crippen molar-refractivity contribution in [3.8, 4) is 23.3 Å². The first kappa shape index (κ1) is 33.9. The number of hydrogen-bond acceptors (Lipinski definition) is 12. The Kier molecular flexibility index (Phi) is 9.01. The summed E-state index contributed by atoms with van der Waals surface area (Å²) in [5.74, 6) is 1.94. The smallest absolute Gasteiger partial charge is 0.216 e. The predicted molar refractivity (Wildman–Crippen MR) is 191 cm³/mol. The molecule has 260 valence electrons. The van der Waals surface area contributed by atoms with Gasteiger partial charge in [0, 0.05) is 70.8 Å². The molecule has 2 aromatic heterocycles. The largest absolute Gasteiger partial charge is 0.508 e. The lowest BCUT2D eigenvalue weighted by atomic mass is 9.67. The number of ether oxygens (including phenoxy) is 2. The summed E-state index contributed by atoms with van der Waals surface area (Å²) < 4.78 is 40.3. The summed E-state index contributed by atoms with van der Waals surface area (Å²) in [4.78, 5) is 18.0. The van der Waals surface area contributed by atoms with E-state index in [0.29, 0.717) is 46.1 Å². The molecule has 50 heavy (non-hydrogen) atoms. The number of nitrogens with two attached hydrogens (primary N) is 2. The van der Waals surface area contributed by atoms with Crippen molar-refractivity contribution in [3.63, 3.8) is 0 Å². The van der Waals surface area contributed by atoms with Crippen molar-refractivity contribution in [2.45, 2.75) is 36.8 Å². The average molecular weight is 719 g/mol. The number of pyridine rings is 2. The van der Waals surface area contributed by atoms with E-state index in [1.54, 1.807) is 26.6 Å². The fraction of sp³-hybridized carbons (Fsp3) is 0.333. The molecule has 2 aliphatic carbocycles. The normalized spacial score (nSPS) is 24.9. The third kappa shape index (κ3) is 5.87. The van der Waals surface area contributed by atoms with Crippen molar-refractivity contribution >= 4 is 33.9 Å². The topological polar surface area (TPSA) is 161 Å². The molecule has 2 aromatic carbocycles. The summed E-state index contributed by atoms with van der Waals surface area (Å²) in [6.45, 7) is 0. The lowest BCUT2D eigenvalue weighted by Gasteiger charge is -2.45. The summed E-state index contributed by atoms with van der Waals surface area (Å²) in [7, 11) is 3.15. The van der Waals surface area contributed by atoms with Gasteiger partial charge in [-0.1, -0.05) is 23.5 Å². The first-order valence-corrected chi connectivity index (χ1v) is 18.0. The van der Waals surface area contributed by atoms with Crippen molar-refractivity contribution < 1.29 is 28.5 Å². The fourth-order valence-electron chi connectivity index (χ4n) is 7.76. The number of halogens is 2. The lowest BCUT2D eigenvalue weighted by Crippen LogP contribution is -2.46. The van der Waals surface area contributed by atoms with Gasteiger partial charge in [0.2, 0.25) is 11.8 Å². The number of amidine groups is 2. The maximum absolute atomic E-state index is 14.7. The summed E-state index contributed by atoms with van der Waals surface area (Å²) >= 11 is 2.98. The Balaban J connectivity index is 0.000000157. The van der Waals surface area contributed by atoms with Crippen LogP contribution >= 0.6 is 23.5 Å². The molecule has 0 spiro atoms. The van der Waals surface area contributed by atoms with Crippen LogP contribution in [0, 0.1) is 23.5 Å². The number of phenolic OH excluding ortho intramolecular Hbond substituents is 2. The van der Waals surface area contributed by atoms with Crippen molar-refractivity contribution in [1.82, 2.24) is 9.97 Å². The highest BCUT2D eigenvalue weighted by Gasteiger charge is 2.50. The van der Waals surface area contributed by atoms with Gasteiger partial charge in [-0.15, -0.1) is 0 Å². The van der Waals surface area contributed by atoms with Crippen LogP contribution in [-0.4, -0.2) is 56.2 Å². The number of fused-ring (bicyclic) bond motifs is 4. The van der Waals surface area contributed by atoms with Crippen LogP contribution < -0.4 is 20.9 Å². The first-order chi connectivity index (χ1) is 24.1. The highest BCUT2D eigenvalue weighted by atomic mass is 32.2. The van der Waals surface area contributed by atoms with Gasteiger partial charge in [0.25, 0.3) is 0 Å². The number of rotatable bonds is 4. The van der Waals surface area contributed by atoms with Gasteiger partial charge in [0.1, 0.15) is 23.1 Å². The van der Waals surface area contributed by atoms with Crippen molar-refractivity contribution in [1.29, 1.82) is 0 Å². The maximum Gasteiger partial charge on any atom is 0.216 e. The van der Waals surface area contributed by atoms with Gasteiger partial charge in [0.15, 0.2) is 10.3 Å². The zero-order chi connectivity index (χ0) is 35.2. The molecular weight excluding hydrogens is 683 g/mol. The molecule has 4 aromatic rings. The van der Waals surface area contributed by atoms with E-state index in [2.05, 4.69) is 9.97 Å². The van der Waals surface area contributed by atoms with Crippen molar-refractivity contribution in [3.05, 3.63) is 106 Å². The number of hydrogen-bond donors (Lipinski definition) is 4. The van der Waals surface area contributed by atoms with Crippen molar-refractivity contribution in [2.75, 3.05) is 25.7 Å². The van der Waals surface area contributed by atoms with Gasteiger partial charge in [0.05, 0.1) is 25.3 Å². The van der Waals surface area contributed by atoms with Gasteiger partial charge in [-0.05, 0) is 72.5 Å². The molecule has 8 rings (SSSR count). The molecule has 4 atom stereocenters. The van der Waals surface area contributed by atoms with Crippen LogP contribution in [0.15, 0.2) is 70.9 Å². The molecule has 6 N–H and O–H groups in total. The van der Waals surface area contributed by atoms with Gasteiger partial charge < -0.3 is 31.2 Å². The van der Waals surface area contributed by atoms with Gasteiger partial charge in [-0.2, -0.15) is 0 Å². The quantitative estimate of drug-likeness (QED) is 0.220. The standard InChI is InChI=1S/2C18H18FN3O2S/c2*1-24-16-13-8-18(14-7-12(23)2-3-15(14)19)11(9-25-17(20)22-18)6-10(13)4-5-21-16/h2*2-5,7,11,23H,6,8-9H2,1H3,(H2,20,22)/t2*11-,18-/m10/s1.